The number of hydrogen-bond donors (Lipinski definition) is 2. The van der Waals surface area contributed by atoms with Gasteiger partial charge in [0.1, 0.15) is 17.2 Å². The number of carboxylic acids is 1. The van der Waals surface area contributed by atoms with Crippen molar-refractivity contribution in [3.05, 3.63) is 45.0 Å². The van der Waals surface area contributed by atoms with Crippen LogP contribution < -0.4 is 10.9 Å². The molecule has 7 heteroatoms. The molecule has 160 valence electrons. The summed E-state index contributed by atoms with van der Waals surface area (Å²) in [6, 6.07) is 1.04. The van der Waals surface area contributed by atoms with Gasteiger partial charge in [0.25, 0.3) is 0 Å². The number of benzene rings is 1. The van der Waals surface area contributed by atoms with Crippen molar-refractivity contribution in [1.29, 1.82) is 0 Å². The van der Waals surface area contributed by atoms with Gasteiger partial charge in [0, 0.05) is 28.3 Å². The van der Waals surface area contributed by atoms with Gasteiger partial charge < -0.3 is 19.3 Å². The smallest absolute Gasteiger partial charge is 0.339 e. The van der Waals surface area contributed by atoms with Crippen molar-refractivity contribution in [2.45, 2.75) is 65.8 Å². The van der Waals surface area contributed by atoms with Crippen molar-refractivity contribution >= 4 is 33.8 Å². The minimum Gasteiger partial charge on any atom is -0.480 e. The van der Waals surface area contributed by atoms with Crippen molar-refractivity contribution in [2.75, 3.05) is 0 Å². The summed E-state index contributed by atoms with van der Waals surface area (Å²) in [6.45, 7) is 7.61. The first-order valence-electron chi connectivity index (χ1n) is 10.2. The predicted molar refractivity (Wildman–Crippen MR) is 114 cm³/mol. The number of aryl methyl sites for hydroxylation is 3. The molecule has 0 saturated carbocycles. The summed E-state index contributed by atoms with van der Waals surface area (Å²) in [5.74, 6) is -1.44. The second-order valence-electron chi connectivity index (χ2n) is 7.77. The fourth-order valence-electron chi connectivity index (χ4n) is 3.78. The fourth-order valence-corrected chi connectivity index (χ4v) is 3.78. The van der Waals surface area contributed by atoms with Gasteiger partial charge in [-0.25, -0.2) is 9.59 Å². The Labute approximate surface area is 174 Å². The van der Waals surface area contributed by atoms with E-state index in [1.807, 2.05) is 33.8 Å². The SMILES string of the molecule is CCCC[C@H](NC(=O)CCc1c(C)c2cc3c(C)coc3c(C)c2oc1=O)C(=O)O. The molecule has 2 N–H and O–H groups in total. The minimum absolute atomic E-state index is 0.0129. The number of fused-ring (bicyclic) bond motifs is 2. The Kier molecular flexibility index (Phi) is 6.29. The largest absolute Gasteiger partial charge is 0.480 e. The molecule has 1 aromatic carbocycles. The summed E-state index contributed by atoms with van der Waals surface area (Å²) in [7, 11) is 0. The van der Waals surface area contributed by atoms with E-state index in [2.05, 4.69) is 5.32 Å². The lowest BCUT2D eigenvalue weighted by Crippen LogP contribution is -2.40. The van der Waals surface area contributed by atoms with Crippen molar-refractivity contribution in [3.8, 4) is 0 Å². The summed E-state index contributed by atoms with van der Waals surface area (Å²) >= 11 is 0. The Morgan fingerprint density at radius 2 is 1.87 bits per heavy atom. The zero-order valence-corrected chi connectivity index (χ0v) is 17.8. The third-order valence-electron chi connectivity index (χ3n) is 5.62. The van der Waals surface area contributed by atoms with E-state index < -0.39 is 23.5 Å². The Morgan fingerprint density at radius 1 is 1.13 bits per heavy atom. The average Bonchev–Trinajstić information content (AvgIpc) is 3.07. The monoisotopic (exact) mass is 413 g/mol. The number of amides is 1. The zero-order chi connectivity index (χ0) is 22.0. The molecule has 3 rings (SSSR count). The maximum absolute atomic E-state index is 12.6. The Balaban J connectivity index is 1.86. The quantitative estimate of drug-likeness (QED) is 0.537. The molecule has 2 aromatic heterocycles. The summed E-state index contributed by atoms with van der Waals surface area (Å²) in [6.07, 6.45) is 3.81. The first kappa shape index (κ1) is 21.6. The average molecular weight is 413 g/mol. The van der Waals surface area contributed by atoms with Crippen molar-refractivity contribution in [1.82, 2.24) is 5.32 Å². The fraction of sp³-hybridized carbons (Fsp3) is 0.435. The number of rotatable bonds is 8. The number of nitrogens with one attached hydrogen (secondary N) is 1. The van der Waals surface area contributed by atoms with E-state index in [0.717, 1.165) is 33.9 Å². The second kappa shape index (κ2) is 8.73. The highest BCUT2D eigenvalue weighted by Gasteiger charge is 2.21. The third kappa shape index (κ3) is 4.10. The number of carbonyl (C=O) groups is 2. The van der Waals surface area contributed by atoms with Gasteiger partial charge in [0.05, 0.1) is 6.26 Å². The maximum atomic E-state index is 12.6. The van der Waals surface area contributed by atoms with E-state index in [9.17, 15) is 19.5 Å². The lowest BCUT2D eigenvalue weighted by molar-refractivity contribution is -0.142. The molecule has 0 bridgehead atoms. The highest BCUT2D eigenvalue weighted by molar-refractivity contribution is 5.99. The van der Waals surface area contributed by atoms with E-state index in [-0.39, 0.29) is 12.8 Å². The Morgan fingerprint density at radius 3 is 2.53 bits per heavy atom. The molecule has 0 saturated heterocycles. The first-order chi connectivity index (χ1) is 14.2. The summed E-state index contributed by atoms with van der Waals surface area (Å²) < 4.78 is 11.2. The van der Waals surface area contributed by atoms with Crippen LogP contribution >= 0.6 is 0 Å². The molecule has 3 aromatic rings. The number of carbonyl (C=O) groups excluding carboxylic acids is 1. The summed E-state index contributed by atoms with van der Waals surface area (Å²) in [5.41, 5.74) is 3.64. The molecule has 0 fully saturated rings. The van der Waals surface area contributed by atoms with Gasteiger partial charge in [-0.2, -0.15) is 0 Å². The zero-order valence-electron chi connectivity index (χ0n) is 17.8. The van der Waals surface area contributed by atoms with Crippen LogP contribution in [-0.4, -0.2) is 23.0 Å². The van der Waals surface area contributed by atoms with Crippen LogP contribution in [0.2, 0.25) is 0 Å². The number of hydrogen-bond acceptors (Lipinski definition) is 5. The highest BCUT2D eigenvalue weighted by atomic mass is 16.4. The molecule has 30 heavy (non-hydrogen) atoms. The standard InChI is InChI=1S/C23H27NO6/c1-5-6-7-18(22(26)27)24-19(25)9-8-15-13(3)17-10-16-12(2)11-29-20(16)14(4)21(17)30-23(15)28/h10-11,18H,5-9H2,1-4H3,(H,24,25)(H,26,27)/t18-/m0/s1. The van der Waals surface area contributed by atoms with Gasteiger partial charge in [-0.1, -0.05) is 19.8 Å². The van der Waals surface area contributed by atoms with Crippen molar-refractivity contribution in [3.63, 3.8) is 0 Å². The minimum atomic E-state index is -1.05. The topological polar surface area (TPSA) is 110 Å². The van der Waals surface area contributed by atoms with Gasteiger partial charge in [-0.3, -0.25) is 4.79 Å². The molecule has 0 aliphatic heterocycles. The molecular formula is C23H27NO6. The summed E-state index contributed by atoms with van der Waals surface area (Å²) in [4.78, 5) is 36.2. The molecule has 1 atom stereocenters. The predicted octanol–water partition coefficient (Wildman–Crippen LogP) is 4.16. The maximum Gasteiger partial charge on any atom is 0.339 e. The number of furan rings is 1. The van der Waals surface area contributed by atoms with Gasteiger partial charge in [-0.15, -0.1) is 0 Å². The van der Waals surface area contributed by atoms with Crippen molar-refractivity contribution in [2.24, 2.45) is 0 Å². The molecule has 1 amide bonds. The van der Waals surface area contributed by atoms with Crippen LogP contribution in [0, 0.1) is 20.8 Å². The van der Waals surface area contributed by atoms with Crippen LogP contribution in [0.4, 0.5) is 0 Å². The van der Waals surface area contributed by atoms with E-state index >= 15 is 0 Å². The lowest BCUT2D eigenvalue weighted by atomic mass is 9.98. The van der Waals surface area contributed by atoms with Crippen molar-refractivity contribution < 1.29 is 23.5 Å². The van der Waals surface area contributed by atoms with Crippen LogP contribution in [0.3, 0.4) is 0 Å². The molecule has 2 heterocycles. The van der Waals surface area contributed by atoms with E-state index in [1.54, 1.807) is 6.26 Å². The number of aliphatic carboxylic acids is 1. The molecule has 0 aliphatic carbocycles. The van der Waals surface area contributed by atoms with Gasteiger partial charge in [0.15, 0.2) is 0 Å². The van der Waals surface area contributed by atoms with E-state index in [0.29, 0.717) is 29.6 Å². The molecule has 0 unspecified atom stereocenters. The van der Waals surface area contributed by atoms with E-state index in [4.69, 9.17) is 8.83 Å². The van der Waals surface area contributed by atoms with Gasteiger partial charge >= 0.3 is 11.6 Å². The molecule has 0 aliphatic rings. The van der Waals surface area contributed by atoms with Crippen LogP contribution in [-0.2, 0) is 16.0 Å². The van der Waals surface area contributed by atoms with Crippen LogP contribution in [0.15, 0.2) is 26.0 Å². The normalized spacial score (nSPS) is 12.4. The lowest BCUT2D eigenvalue weighted by Gasteiger charge is -2.14. The third-order valence-corrected chi connectivity index (χ3v) is 5.62. The van der Waals surface area contributed by atoms with Gasteiger partial charge in [-0.05, 0) is 50.8 Å². The summed E-state index contributed by atoms with van der Waals surface area (Å²) in [5, 5.41) is 13.6. The molecule has 7 nitrogen and oxygen atoms in total. The first-order valence-corrected chi connectivity index (χ1v) is 10.2. The molecular weight excluding hydrogens is 386 g/mol. The van der Waals surface area contributed by atoms with Crippen LogP contribution in [0.1, 0.15) is 54.9 Å². The Hall–Kier alpha value is -3.09. The Bertz CT molecular complexity index is 1170. The second-order valence-corrected chi connectivity index (χ2v) is 7.77. The number of carboxylic acid groups (broad SMARTS) is 1. The van der Waals surface area contributed by atoms with Crippen LogP contribution in [0.25, 0.3) is 21.9 Å². The van der Waals surface area contributed by atoms with Crippen LogP contribution in [0.5, 0.6) is 0 Å². The highest BCUT2D eigenvalue weighted by Crippen LogP contribution is 2.32. The molecule has 0 radical (unpaired) electrons. The number of unbranched alkanes of at least 4 members (excludes halogenated alkanes) is 1. The van der Waals surface area contributed by atoms with E-state index in [1.165, 1.54) is 0 Å². The van der Waals surface area contributed by atoms with Gasteiger partial charge in [0.2, 0.25) is 5.91 Å². The molecule has 0 spiro atoms.